The van der Waals surface area contributed by atoms with Crippen molar-refractivity contribution in [1.29, 1.82) is 0 Å². The maximum absolute atomic E-state index is 11.6. The van der Waals surface area contributed by atoms with E-state index in [1.807, 2.05) is 85.8 Å². The molecule has 5 aromatic rings. The molecule has 0 saturated heterocycles. The Morgan fingerprint density at radius 1 is 0.865 bits per heavy atom. The lowest BCUT2D eigenvalue weighted by molar-refractivity contribution is -0.140. The van der Waals surface area contributed by atoms with Crippen LogP contribution in [-0.4, -0.2) is 26.2 Å². The molecule has 0 unspecified atom stereocenters. The fourth-order valence-corrected chi connectivity index (χ4v) is 4.79. The molecule has 0 aliphatic heterocycles. The van der Waals surface area contributed by atoms with E-state index in [0.29, 0.717) is 19.3 Å². The molecule has 2 aromatic heterocycles. The number of carboxylic acid groups (broad SMARTS) is 1. The fraction of sp³-hybridized carbons (Fsp3) is 0.161. The largest absolute Gasteiger partial charge is 0.481 e. The van der Waals surface area contributed by atoms with E-state index in [4.69, 9.17) is 9.51 Å². The Hall–Kier alpha value is -4.58. The van der Waals surface area contributed by atoms with Gasteiger partial charge in [-0.05, 0) is 36.5 Å². The minimum absolute atomic E-state index is 0.562. The molecular weight excluding hydrogens is 462 g/mol. The van der Waals surface area contributed by atoms with Crippen LogP contribution in [0.25, 0.3) is 33.7 Å². The number of aryl methyl sites for hydroxylation is 1. The van der Waals surface area contributed by atoms with E-state index in [9.17, 15) is 9.90 Å². The molecule has 0 spiro atoms. The molecule has 0 radical (unpaired) electrons. The molecule has 0 amide bonds. The van der Waals surface area contributed by atoms with Crippen LogP contribution in [0.2, 0.25) is 0 Å². The third kappa shape index (κ3) is 4.31. The molecule has 37 heavy (non-hydrogen) atoms. The highest BCUT2D eigenvalue weighted by molar-refractivity contribution is 5.85. The average Bonchev–Trinajstić information content (AvgIpc) is 3.69. The van der Waals surface area contributed by atoms with E-state index in [1.165, 1.54) is 0 Å². The first-order valence-corrected chi connectivity index (χ1v) is 12.3. The molecule has 1 fully saturated rings. The second kappa shape index (κ2) is 9.13. The fourth-order valence-electron chi connectivity index (χ4n) is 4.79. The molecule has 1 N–H and O–H groups in total. The lowest BCUT2D eigenvalue weighted by atomic mass is 9.93. The van der Waals surface area contributed by atoms with Gasteiger partial charge in [0.1, 0.15) is 0 Å². The van der Waals surface area contributed by atoms with Crippen molar-refractivity contribution < 1.29 is 14.4 Å². The first kappa shape index (κ1) is 22.9. The summed E-state index contributed by atoms with van der Waals surface area (Å²) in [5, 5.41) is 13.8. The van der Waals surface area contributed by atoms with Gasteiger partial charge < -0.3 is 9.63 Å². The van der Waals surface area contributed by atoms with Crippen molar-refractivity contribution in [3.05, 3.63) is 114 Å². The highest BCUT2D eigenvalue weighted by atomic mass is 16.5. The van der Waals surface area contributed by atoms with E-state index in [0.717, 1.165) is 56.2 Å². The number of hydrogen-bond donors (Lipinski definition) is 1. The number of carboxylic acids is 1. The molecule has 6 heteroatoms. The predicted octanol–water partition coefficient (Wildman–Crippen LogP) is 6.48. The zero-order valence-corrected chi connectivity index (χ0v) is 20.4. The summed E-state index contributed by atoms with van der Waals surface area (Å²) in [4.78, 5) is 20.8. The third-order valence-corrected chi connectivity index (χ3v) is 7.17. The molecule has 1 aliphatic carbocycles. The van der Waals surface area contributed by atoms with Gasteiger partial charge in [-0.2, -0.15) is 0 Å². The van der Waals surface area contributed by atoms with E-state index >= 15 is 0 Å². The van der Waals surface area contributed by atoms with E-state index < -0.39 is 11.4 Å². The Labute approximate surface area is 214 Å². The Morgan fingerprint density at radius 3 is 2.16 bits per heavy atom. The van der Waals surface area contributed by atoms with Gasteiger partial charge in [0, 0.05) is 29.3 Å². The monoisotopic (exact) mass is 487 g/mol. The van der Waals surface area contributed by atoms with Gasteiger partial charge in [0.15, 0.2) is 5.76 Å². The van der Waals surface area contributed by atoms with Crippen LogP contribution in [0.1, 0.15) is 35.4 Å². The van der Waals surface area contributed by atoms with E-state index in [2.05, 4.69) is 10.1 Å². The summed E-state index contributed by atoms with van der Waals surface area (Å²) in [6, 6.07) is 26.0. The van der Waals surface area contributed by atoms with Crippen LogP contribution in [0.4, 0.5) is 0 Å². The smallest absolute Gasteiger partial charge is 0.314 e. The molecule has 3 aromatic carbocycles. The van der Waals surface area contributed by atoms with Crippen molar-refractivity contribution in [3.63, 3.8) is 0 Å². The maximum Gasteiger partial charge on any atom is 0.314 e. The summed E-state index contributed by atoms with van der Waals surface area (Å²) in [7, 11) is 0. The second-order valence-corrected chi connectivity index (χ2v) is 9.56. The van der Waals surface area contributed by atoms with Crippen LogP contribution in [0, 0.1) is 6.92 Å². The molecule has 6 nitrogen and oxygen atoms in total. The highest BCUT2D eigenvalue weighted by Crippen LogP contribution is 2.48. The van der Waals surface area contributed by atoms with Gasteiger partial charge in [-0.15, -0.1) is 0 Å². The second-order valence-electron chi connectivity index (χ2n) is 9.56. The van der Waals surface area contributed by atoms with Crippen molar-refractivity contribution in [2.45, 2.75) is 31.6 Å². The van der Waals surface area contributed by atoms with Crippen molar-refractivity contribution in [3.8, 4) is 33.7 Å². The topological polar surface area (TPSA) is 89.1 Å². The van der Waals surface area contributed by atoms with Gasteiger partial charge in [0.25, 0.3) is 0 Å². The van der Waals surface area contributed by atoms with Crippen LogP contribution in [0.3, 0.4) is 0 Å². The number of aromatic nitrogens is 3. The molecule has 0 bridgehead atoms. The van der Waals surface area contributed by atoms with Gasteiger partial charge in [0.05, 0.1) is 28.7 Å². The SMILES string of the molecule is Cc1noc(-c2ccc(-c3ccc(C4(C(=O)O)CC4)cc3)cc2)c1Cc1cncc(-c2ccccc2)n1. The van der Waals surface area contributed by atoms with Crippen LogP contribution < -0.4 is 0 Å². The zero-order chi connectivity index (χ0) is 25.4. The molecule has 182 valence electrons. The van der Waals surface area contributed by atoms with Crippen LogP contribution in [0.5, 0.6) is 0 Å². The van der Waals surface area contributed by atoms with Crippen LogP contribution in [0.15, 0.2) is 95.8 Å². The summed E-state index contributed by atoms with van der Waals surface area (Å²) in [5.74, 6) is -0.0102. The summed E-state index contributed by atoms with van der Waals surface area (Å²) in [6.07, 6.45) is 5.53. The molecule has 0 atom stereocenters. The molecular formula is C31H25N3O3. The normalized spacial score (nSPS) is 13.9. The molecule has 1 saturated carbocycles. The van der Waals surface area contributed by atoms with Gasteiger partial charge in [-0.25, -0.2) is 4.98 Å². The average molecular weight is 488 g/mol. The number of rotatable bonds is 7. The number of benzene rings is 3. The maximum atomic E-state index is 11.6. The Bertz CT molecular complexity index is 1570. The minimum atomic E-state index is -0.736. The highest BCUT2D eigenvalue weighted by Gasteiger charge is 2.51. The minimum Gasteiger partial charge on any atom is -0.481 e. The standard InChI is InChI=1S/C31H25N3O3/c1-20-27(17-26-18-32-19-28(33-26)23-5-3-2-4-6-23)29(37-34-20)24-9-7-21(8-10-24)22-11-13-25(14-12-22)31(15-16-31)30(35)36/h2-14,18-19H,15-17H2,1H3,(H,35,36). The van der Waals surface area contributed by atoms with Crippen molar-refractivity contribution in [1.82, 2.24) is 15.1 Å². The number of nitrogens with zero attached hydrogens (tertiary/aromatic N) is 3. The van der Waals surface area contributed by atoms with Gasteiger partial charge >= 0.3 is 5.97 Å². The number of carbonyl (C=O) groups is 1. The van der Waals surface area contributed by atoms with E-state index in [1.54, 1.807) is 12.4 Å². The van der Waals surface area contributed by atoms with Gasteiger partial charge in [-0.3, -0.25) is 9.78 Å². The summed E-state index contributed by atoms with van der Waals surface area (Å²) < 4.78 is 5.74. The van der Waals surface area contributed by atoms with E-state index in [-0.39, 0.29) is 0 Å². The molecule has 2 heterocycles. The Morgan fingerprint density at radius 2 is 1.51 bits per heavy atom. The Balaban J connectivity index is 1.24. The van der Waals surface area contributed by atoms with Gasteiger partial charge in [0.2, 0.25) is 0 Å². The summed E-state index contributed by atoms with van der Waals surface area (Å²) in [6.45, 7) is 1.94. The molecule has 1 aliphatic rings. The van der Waals surface area contributed by atoms with Gasteiger partial charge in [-0.1, -0.05) is 84.0 Å². The van der Waals surface area contributed by atoms with Crippen LogP contribution >= 0.6 is 0 Å². The first-order valence-electron chi connectivity index (χ1n) is 12.3. The quantitative estimate of drug-likeness (QED) is 0.283. The van der Waals surface area contributed by atoms with Crippen LogP contribution in [-0.2, 0) is 16.6 Å². The third-order valence-electron chi connectivity index (χ3n) is 7.17. The summed E-state index contributed by atoms with van der Waals surface area (Å²) in [5.41, 5.74) is 7.74. The van der Waals surface area contributed by atoms with Crippen molar-refractivity contribution in [2.75, 3.05) is 0 Å². The molecule has 6 rings (SSSR count). The van der Waals surface area contributed by atoms with Crippen molar-refractivity contribution in [2.24, 2.45) is 0 Å². The predicted molar refractivity (Wildman–Crippen MR) is 141 cm³/mol. The Kier molecular flexibility index (Phi) is 5.64. The number of aliphatic carboxylic acids is 1. The number of hydrogen-bond acceptors (Lipinski definition) is 5. The van der Waals surface area contributed by atoms with Crippen molar-refractivity contribution >= 4 is 5.97 Å². The lowest BCUT2D eigenvalue weighted by Crippen LogP contribution is -2.19. The first-order chi connectivity index (χ1) is 18.0. The summed E-state index contributed by atoms with van der Waals surface area (Å²) >= 11 is 0. The lowest BCUT2D eigenvalue weighted by Gasteiger charge is -2.11. The zero-order valence-electron chi connectivity index (χ0n) is 20.4.